The second-order valence-electron chi connectivity index (χ2n) is 7.97. The number of aliphatic hydroxyl groups is 1. The number of carbonyl (C=O) groups is 1. The molecule has 1 aromatic heterocycles. The molecule has 2 amide bonds. The van der Waals surface area contributed by atoms with Crippen molar-refractivity contribution in [2.45, 2.75) is 31.7 Å². The first-order valence-electron chi connectivity index (χ1n) is 10.7. The molecule has 0 spiro atoms. The van der Waals surface area contributed by atoms with Crippen molar-refractivity contribution in [2.75, 3.05) is 50.8 Å². The third-order valence-corrected chi connectivity index (χ3v) is 6.03. The number of urea groups is 1. The fourth-order valence-electron chi connectivity index (χ4n) is 4.68. The zero-order chi connectivity index (χ0) is 20.1. The van der Waals surface area contributed by atoms with E-state index in [1.54, 1.807) is 0 Å². The van der Waals surface area contributed by atoms with Crippen molar-refractivity contribution in [3.8, 4) is 0 Å². The van der Waals surface area contributed by atoms with Gasteiger partial charge in [0.15, 0.2) is 0 Å². The first-order valence-corrected chi connectivity index (χ1v) is 10.7. The molecule has 7 nitrogen and oxygen atoms in total. The van der Waals surface area contributed by atoms with Crippen LogP contribution in [0.1, 0.15) is 24.8 Å². The topological polar surface area (TPSA) is 80.7 Å². The monoisotopic (exact) mass is 397 g/mol. The number of anilines is 1. The molecule has 4 rings (SSSR count). The van der Waals surface area contributed by atoms with Crippen LogP contribution in [0.2, 0.25) is 0 Å². The van der Waals surface area contributed by atoms with E-state index in [0.29, 0.717) is 19.1 Å². The molecule has 2 aromatic rings. The number of hydrogen-bond donors (Lipinski definition) is 3. The highest BCUT2D eigenvalue weighted by Gasteiger charge is 2.29. The Morgan fingerprint density at radius 2 is 2.10 bits per heavy atom. The van der Waals surface area contributed by atoms with Crippen LogP contribution >= 0.6 is 0 Å². The van der Waals surface area contributed by atoms with E-state index in [-0.39, 0.29) is 12.6 Å². The van der Waals surface area contributed by atoms with Crippen LogP contribution < -0.4 is 15.5 Å². The lowest BCUT2D eigenvalue weighted by Crippen LogP contribution is -2.50. The van der Waals surface area contributed by atoms with Gasteiger partial charge in [0.2, 0.25) is 0 Å². The van der Waals surface area contributed by atoms with Crippen LogP contribution in [0.15, 0.2) is 30.6 Å². The van der Waals surface area contributed by atoms with E-state index < -0.39 is 0 Å². The van der Waals surface area contributed by atoms with Gasteiger partial charge in [-0.25, -0.2) is 4.79 Å². The zero-order valence-electron chi connectivity index (χ0n) is 16.9. The average molecular weight is 398 g/mol. The van der Waals surface area contributed by atoms with Crippen LogP contribution in [0.5, 0.6) is 0 Å². The van der Waals surface area contributed by atoms with Crippen molar-refractivity contribution >= 4 is 22.5 Å². The smallest absolute Gasteiger partial charge is 0.314 e. The average Bonchev–Trinajstić information content (AvgIpc) is 2.76. The van der Waals surface area contributed by atoms with Gasteiger partial charge in [0.05, 0.1) is 6.61 Å². The Labute approximate surface area is 172 Å². The summed E-state index contributed by atoms with van der Waals surface area (Å²) in [6.45, 7) is 5.18. The fourth-order valence-corrected chi connectivity index (χ4v) is 4.68. The third-order valence-electron chi connectivity index (χ3n) is 6.03. The first kappa shape index (κ1) is 19.9. The molecule has 0 saturated carbocycles. The summed E-state index contributed by atoms with van der Waals surface area (Å²) in [4.78, 5) is 21.1. The molecule has 1 saturated heterocycles. The summed E-state index contributed by atoms with van der Waals surface area (Å²) < 4.78 is 0. The van der Waals surface area contributed by atoms with Gasteiger partial charge in [-0.2, -0.15) is 0 Å². The maximum atomic E-state index is 11.5. The van der Waals surface area contributed by atoms with E-state index in [9.17, 15) is 4.79 Å². The van der Waals surface area contributed by atoms with E-state index in [1.165, 1.54) is 34.9 Å². The molecule has 7 heteroatoms. The maximum Gasteiger partial charge on any atom is 0.314 e. The maximum absolute atomic E-state index is 11.5. The van der Waals surface area contributed by atoms with E-state index >= 15 is 0 Å². The van der Waals surface area contributed by atoms with E-state index in [2.05, 4.69) is 43.6 Å². The van der Waals surface area contributed by atoms with Crippen LogP contribution in [0, 0.1) is 0 Å². The molecular formula is C22H31N5O2. The van der Waals surface area contributed by atoms with Gasteiger partial charge in [0, 0.05) is 61.1 Å². The molecule has 2 aliphatic heterocycles. The van der Waals surface area contributed by atoms with Gasteiger partial charge < -0.3 is 25.5 Å². The number of carbonyl (C=O) groups excluding carboxylic acids is 1. The van der Waals surface area contributed by atoms with Crippen LogP contribution in [-0.2, 0) is 6.42 Å². The normalized spacial score (nSPS) is 19.3. The van der Waals surface area contributed by atoms with Crippen LogP contribution in [0.25, 0.3) is 10.8 Å². The summed E-state index contributed by atoms with van der Waals surface area (Å²) in [6, 6.07) is 6.91. The summed E-state index contributed by atoms with van der Waals surface area (Å²) in [7, 11) is 0. The molecule has 3 heterocycles. The van der Waals surface area contributed by atoms with Crippen molar-refractivity contribution in [2.24, 2.45) is 0 Å². The van der Waals surface area contributed by atoms with Gasteiger partial charge >= 0.3 is 6.03 Å². The summed E-state index contributed by atoms with van der Waals surface area (Å²) in [5, 5.41) is 16.8. The number of amides is 2. The predicted molar refractivity (Wildman–Crippen MR) is 115 cm³/mol. The molecule has 156 valence electrons. The van der Waals surface area contributed by atoms with Crippen molar-refractivity contribution in [1.29, 1.82) is 0 Å². The van der Waals surface area contributed by atoms with E-state index in [4.69, 9.17) is 5.11 Å². The number of pyridine rings is 1. The first-order chi connectivity index (χ1) is 14.3. The largest absolute Gasteiger partial charge is 0.395 e. The van der Waals surface area contributed by atoms with Crippen molar-refractivity contribution < 1.29 is 9.90 Å². The molecule has 0 bridgehead atoms. The molecule has 29 heavy (non-hydrogen) atoms. The second-order valence-corrected chi connectivity index (χ2v) is 7.97. The Balaban J connectivity index is 1.34. The Hall–Kier alpha value is -2.38. The predicted octanol–water partition coefficient (Wildman–Crippen LogP) is 1.74. The number of aromatic nitrogens is 1. The lowest BCUT2D eigenvalue weighted by Gasteiger charge is -2.43. The molecular weight excluding hydrogens is 366 g/mol. The number of hydrogen-bond acceptors (Lipinski definition) is 5. The Morgan fingerprint density at radius 3 is 3.00 bits per heavy atom. The SMILES string of the molecule is O=C(NCCO)NCCCN1CCCC(N2CCc3cncc4cccc2c34)C1. The van der Waals surface area contributed by atoms with Gasteiger partial charge in [0.1, 0.15) is 0 Å². The molecule has 1 atom stereocenters. The summed E-state index contributed by atoms with van der Waals surface area (Å²) in [5.74, 6) is 0. The Kier molecular flexibility index (Phi) is 6.46. The van der Waals surface area contributed by atoms with Crippen LogP contribution in [0.3, 0.4) is 0 Å². The number of nitrogens with one attached hydrogen (secondary N) is 2. The number of benzene rings is 1. The number of likely N-dealkylation sites (tertiary alicyclic amines) is 1. The van der Waals surface area contributed by atoms with Gasteiger partial charge in [-0.05, 0) is 50.4 Å². The third kappa shape index (κ3) is 4.62. The molecule has 2 aliphatic rings. The Morgan fingerprint density at radius 1 is 1.21 bits per heavy atom. The Bertz CT molecular complexity index is 838. The van der Waals surface area contributed by atoms with Crippen molar-refractivity contribution in [1.82, 2.24) is 20.5 Å². The zero-order valence-corrected chi connectivity index (χ0v) is 16.9. The summed E-state index contributed by atoms with van der Waals surface area (Å²) >= 11 is 0. The summed E-state index contributed by atoms with van der Waals surface area (Å²) in [6.07, 6.45) is 8.44. The number of piperidine rings is 1. The van der Waals surface area contributed by atoms with Gasteiger partial charge in [-0.3, -0.25) is 4.98 Å². The molecule has 0 radical (unpaired) electrons. The highest BCUT2D eigenvalue weighted by atomic mass is 16.3. The van der Waals surface area contributed by atoms with Gasteiger partial charge in [-0.15, -0.1) is 0 Å². The van der Waals surface area contributed by atoms with Crippen molar-refractivity contribution in [3.05, 3.63) is 36.2 Å². The quantitative estimate of drug-likeness (QED) is 0.620. The van der Waals surface area contributed by atoms with Crippen LogP contribution in [0.4, 0.5) is 10.5 Å². The highest BCUT2D eigenvalue weighted by molar-refractivity contribution is 5.97. The van der Waals surface area contributed by atoms with Crippen LogP contribution in [-0.4, -0.2) is 72.9 Å². The number of aliphatic hydroxyl groups excluding tert-OH is 1. The number of nitrogens with zero attached hydrogens (tertiary/aromatic N) is 3. The minimum atomic E-state index is -0.204. The molecule has 0 aliphatic carbocycles. The standard InChI is InChI=1S/C22H31N5O2/c28-13-9-25-22(29)24-8-3-11-26-10-2-5-19(16-26)27-12-7-18-15-23-14-17-4-1-6-20(27)21(17)18/h1,4,6,14-15,19,28H,2-3,5,7-13,16H2,(H2,24,25,29). The molecule has 3 N–H and O–H groups in total. The van der Waals surface area contributed by atoms with Crippen molar-refractivity contribution in [3.63, 3.8) is 0 Å². The van der Waals surface area contributed by atoms with E-state index in [0.717, 1.165) is 39.0 Å². The lowest BCUT2D eigenvalue weighted by atomic mass is 9.95. The highest BCUT2D eigenvalue weighted by Crippen LogP contribution is 2.36. The summed E-state index contributed by atoms with van der Waals surface area (Å²) in [5.41, 5.74) is 2.73. The minimum Gasteiger partial charge on any atom is -0.395 e. The fraction of sp³-hybridized carbons (Fsp3) is 0.545. The number of rotatable bonds is 7. The lowest BCUT2D eigenvalue weighted by molar-refractivity contribution is 0.200. The van der Waals surface area contributed by atoms with E-state index in [1.807, 2.05) is 12.4 Å². The molecule has 1 unspecified atom stereocenters. The molecule has 1 aromatic carbocycles. The van der Waals surface area contributed by atoms with Gasteiger partial charge in [0.25, 0.3) is 0 Å². The van der Waals surface area contributed by atoms with Gasteiger partial charge in [-0.1, -0.05) is 12.1 Å². The molecule has 1 fully saturated rings. The minimum absolute atomic E-state index is 0.0339. The second kappa shape index (κ2) is 9.41.